The van der Waals surface area contributed by atoms with Gasteiger partial charge < -0.3 is 15.0 Å². The molecule has 1 heterocycles. The average molecular weight is 240 g/mol. The second kappa shape index (κ2) is 5.36. The van der Waals surface area contributed by atoms with Gasteiger partial charge in [-0.15, -0.1) is 0 Å². The van der Waals surface area contributed by atoms with E-state index in [1.807, 2.05) is 18.7 Å². The van der Waals surface area contributed by atoms with Crippen LogP contribution in [0.2, 0.25) is 0 Å². The van der Waals surface area contributed by atoms with Gasteiger partial charge in [-0.05, 0) is 26.7 Å². The van der Waals surface area contributed by atoms with E-state index in [0.717, 1.165) is 6.54 Å². The van der Waals surface area contributed by atoms with Gasteiger partial charge in [-0.2, -0.15) is 0 Å². The molecule has 0 aromatic rings. The lowest BCUT2D eigenvalue weighted by Gasteiger charge is -2.38. The predicted molar refractivity (Wildman–Crippen MR) is 66.9 cm³/mol. The summed E-state index contributed by atoms with van der Waals surface area (Å²) in [6, 6.07) is 0.563. The molecule has 1 saturated carbocycles. The maximum atomic E-state index is 12.1. The predicted octanol–water partition coefficient (Wildman–Crippen LogP) is 1.16. The van der Waals surface area contributed by atoms with Crippen LogP contribution >= 0.6 is 0 Å². The molecule has 1 amide bonds. The summed E-state index contributed by atoms with van der Waals surface area (Å²) in [6.07, 6.45) is 5.05. The Morgan fingerprint density at radius 1 is 1.41 bits per heavy atom. The molecule has 4 nitrogen and oxygen atoms in total. The number of carbonyl (C=O) groups is 1. The number of carbonyl (C=O) groups excluding carboxylic acids is 1. The summed E-state index contributed by atoms with van der Waals surface area (Å²) in [4.78, 5) is 14.0. The van der Waals surface area contributed by atoms with Gasteiger partial charge in [0.1, 0.15) is 0 Å². The molecule has 2 rings (SSSR count). The van der Waals surface area contributed by atoms with Gasteiger partial charge in [0.05, 0.1) is 18.8 Å². The van der Waals surface area contributed by atoms with E-state index in [-0.39, 0.29) is 11.5 Å². The fourth-order valence-electron chi connectivity index (χ4n) is 2.70. The van der Waals surface area contributed by atoms with Crippen molar-refractivity contribution in [3.05, 3.63) is 0 Å². The molecular weight excluding hydrogens is 216 g/mol. The second-order valence-electron chi connectivity index (χ2n) is 5.79. The van der Waals surface area contributed by atoms with Crippen molar-refractivity contribution in [1.29, 1.82) is 0 Å². The molecule has 0 bridgehead atoms. The lowest BCUT2D eigenvalue weighted by atomic mass is 10.1. The topological polar surface area (TPSA) is 41.6 Å². The first-order valence-corrected chi connectivity index (χ1v) is 6.72. The summed E-state index contributed by atoms with van der Waals surface area (Å²) in [5.74, 6) is 0.216. The zero-order valence-corrected chi connectivity index (χ0v) is 11.0. The third-order valence-electron chi connectivity index (χ3n) is 3.68. The Morgan fingerprint density at radius 3 is 2.76 bits per heavy atom. The standard InChI is InChI=1S/C13H24N2O2/c1-13(2)10-15(7-8-17-13)12(16)9-14-11-5-3-4-6-11/h11,14H,3-10H2,1-2H3. The summed E-state index contributed by atoms with van der Waals surface area (Å²) in [5.41, 5.74) is -0.193. The highest BCUT2D eigenvalue weighted by Gasteiger charge is 2.29. The van der Waals surface area contributed by atoms with Crippen molar-refractivity contribution in [2.45, 2.75) is 51.2 Å². The molecule has 98 valence electrons. The van der Waals surface area contributed by atoms with Gasteiger partial charge >= 0.3 is 0 Å². The molecule has 0 atom stereocenters. The molecule has 1 aliphatic carbocycles. The molecule has 4 heteroatoms. The van der Waals surface area contributed by atoms with Crippen molar-refractivity contribution in [3.63, 3.8) is 0 Å². The minimum absolute atomic E-state index is 0.193. The van der Waals surface area contributed by atoms with E-state index in [0.29, 0.717) is 25.7 Å². The Labute approximate surface area is 104 Å². The summed E-state index contributed by atoms with van der Waals surface area (Å²) >= 11 is 0. The monoisotopic (exact) mass is 240 g/mol. The van der Waals surface area contributed by atoms with Gasteiger partial charge in [0.15, 0.2) is 0 Å². The Kier molecular flexibility index (Phi) is 4.05. The van der Waals surface area contributed by atoms with E-state index in [2.05, 4.69) is 5.32 Å². The van der Waals surface area contributed by atoms with Crippen molar-refractivity contribution in [3.8, 4) is 0 Å². The second-order valence-corrected chi connectivity index (χ2v) is 5.79. The van der Waals surface area contributed by atoms with Gasteiger partial charge in [0, 0.05) is 19.1 Å². The van der Waals surface area contributed by atoms with Gasteiger partial charge in [0.25, 0.3) is 0 Å². The normalized spacial score (nSPS) is 25.2. The molecule has 1 saturated heterocycles. The maximum Gasteiger partial charge on any atom is 0.236 e. The number of hydrogen-bond acceptors (Lipinski definition) is 3. The largest absolute Gasteiger partial charge is 0.372 e. The number of hydrogen-bond donors (Lipinski definition) is 1. The van der Waals surface area contributed by atoms with Crippen LogP contribution < -0.4 is 5.32 Å². The minimum atomic E-state index is -0.193. The van der Waals surface area contributed by atoms with E-state index < -0.39 is 0 Å². The van der Waals surface area contributed by atoms with Gasteiger partial charge in [-0.3, -0.25) is 4.79 Å². The zero-order chi connectivity index (χ0) is 12.3. The first kappa shape index (κ1) is 12.8. The highest BCUT2D eigenvalue weighted by molar-refractivity contribution is 5.78. The highest BCUT2D eigenvalue weighted by Crippen LogP contribution is 2.18. The van der Waals surface area contributed by atoms with Gasteiger partial charge in [0.2, 0.25) is 5.91 Å². The Bertz CT molecular complexity index is 273. The molecule has 17 heavy (non-hydrogen) atoms. The van der Waals surface area contributed by atoms with Crippen LogP contribution in [-0.2, 0) is 9.53 Å². The minimum Gasteiger partial charge on any atom is -0.372 e. The molecule has 2 aliphatic rings. The number of amides is 1. The number of nitrogens with one attached hydrogen (secondary N) is 1. The van der Waals surface area contributed by atoms with E-state index in [9.17, 15) is 4.79 Å². The van der Waals surface area contributed by atoms with Crippen LogP contribution in [0.25, 0.3) is 0 Å². The fraction of sp³-hybridized carbons (Fsp3) is 0.923. The number of rotatable bonds is 3. The van der Waals surface area contributed by atoms with Crippen molar-refractivity contribution >= 4 is 5.91 Å². The first-order chi connectivity index (χ1) is 8.07. The SMILES string of the molecule is CC1(C)CN(C(=O)CNC2CCCC2)CCO1. The fourth-order valence-corrected chi connectivity index (χ4v) is 2.70. The number of ether oxygens (including phenoxy) is 1. The van der Waals surface area contributed by atoms with E-state index >= 15 is 0 Å². The van der Waals surface area contributed by atoms with Crippen LogP contribution in [0, 0.1) is 0 Å². The van der Waals surface area contributed by atoms with Crippen LogP contribution in [-0.4, -0.2) is 48.7 Å². The van der Waals surface area contributed by atoms with Crippen LogP contribution in [0.15, 0.2) is 0 Å². The molecule has 0 radical (unpaired) electrons. The first-order valence-electron chi connectivity index (χ1n) is 6.72. The third-order valence-corrected chi connectivity index (χ3v) is 3.68. The lowest BCUT2D eigenvalue weighted by Crippen LogP contribution is -2.53. The third kappa shape index (κ3) is 3.68. The highest BCUT2D eigenvalue weighted by atomic mass is 16.5. The number of morpholine rings is 1. The Balaban J connectivity index is 1.75. The van der Waals surface area contributed by atoms with E-state index in [1.54, 1.807) is 0 Å². The molecule has 0 aromatic carbocycles. The molecule has 0 unspecified atom stereocenters. The Hall–Kier alpha value is -0.610. The van der Waals surface area contributed by atoms with Crippen molar-refractivity contribution in [2.24, 2.45) is 0 Å². The van der Waals surface area contributed by atoms with E-state index in [1.165, 1.54) is 25.7 Å². The summed E-state index contributed by atoms with van der Waals surface area (Å²) in [7, 11) is 0. The molecule has 0 aromatic heterocycles. The summed E-state index contributed by atoms with van der Waals surface area (Å²) < 4.78 is 5.61. The number of nitrogens with zero attached hydrogens (tertiary/aromatic N) is 1. The van der Waals surface area contributed by atoms with Crippen LogP contribution in [0.3, 0.4) is 0 Å². The van der Waals surface area contributed by atoms with Crippen molar-refractivity contribution in [1.82, 2.24) is 10.2 Å². The molecule has 1 N–H and O–H groups in total. The van der Waals surface area contributed by atoms with E-state index in [4.69, 9.17) is 4.74 Å². The molecule has 1 aliphatic heterocycles. The van der Waals surface area contributed by atoms with Crippen LogP contribution in [0.1, 0.15) is 39.5 Å². The van der Waals surface area contributed by atoms with Crippen LogP contribution in [0.4, 0.5) is 0 Å². The average Bonchev–Trinajstić information content (AvgIpc) is 2.77. The zero-order valence-electron chi connectivity index (χ0n) is 11.0. The quantitative estimate of drug-likeness (QED) is 0.805. The summed E-state index contributed by atoms with van der Waals surface area (Å²) in [5, 5.41) is 3.37. The van der Waals surface area contributed by atoms with Crippen molar-refractivity contribution < 1.29 is 9.53 Å². The van der Waals surface area contributed by atoms with Crippen molar-refractivity contribution in [2.75, 3.05) is 26.2 Å². The maximum absolute atomic E-state index is 12.1. The van der Waals surface area contributed by atoms with Crippen LogP contribution in [0.5, 0.6) is 0 Å². The Morgan fingerprint density at radius 2 is 2.12 bits per heavy atom. The molecule has 2 fully saturated rings. The lowest BCUT2D eigenvalue weighted by molar-refractivity contribution is -0.145. The summed E-state index contributed by atoms with van der Waals surface area (Å²) in [6.45, 7) is 6.66. The molecular formula is C13H24N2O2. The van der Waals surface area contributed by atoms with Gasteiger partial charge in [-0.1, -0.05) is 12.8 Å². The molecule has 0 spiro atoms. The van der Waals surface area contributed by atoms with Gasteiger partial charge in [-0.25, -0.2) is 0 Å². The smallest absolute Gasteiger partial charge is 0.236 e.